The highest BCUT2D eigenvalue weighted by molar-refractivity contribution is 6.33. The highest BCUT2D eigenvalue weighted by atomic mass is 19.1. The lowest BCUT2D eigenvalue weighted by molar-refractivity contribution is -0.143. The van der Waals surface area contributed by atoms with E-state index in [1.807, 2.05) is 0 Å². The Morgan fingerprint density at radius 1 is 1.19 bits per heavy atom. The van der Waals surface area contributed by atoms with E-state index in [9.17, 15) is 18.8 Å². The number of carboxylic acid groups (broad SMARTS) is 1. The lowest BCUT2D eigenvalue weighted by Gasteiger charge is -2.18. The minimum atomic E-state index is -1.13. The van der Waals surface area contributed by atoms with Crippen molar-refractivity contribution in [2.75, 3.05) is 11.5 Å². The Hall–Kier alpha value is -3.00. The third kappa shape index (κ3) is 2.91. The molecular weight excluding hydrogens is 355 g/mol. The molecule has 0 unspecified atom stereocenters. The van der Waals surface area contributed by atoms with Crippen LogP contribution in [0.15, 0.2) is 29.4 Å². The first-order valence-electron chi connectivity index (χ1n) is 8.70. The number of allylic oxidation sites excluding steroid dienone is 1. The summed E-state index contributed by atoms with van der Waals surface area (Å²) < 4.78 is 14.7. The number of hydroxylamine groups is 1. The van der Waals surface area contributed by atoms with Crippen molar-refractivity contribution in [1.29, 1.82) is 0 Å². The van der Waals surface area contributed by atoms with E-state index in [0.717, 1.165) is 17.7 Å². The van der Waals surface area contributed by atoms with Gasteiger partial charge in [0.2, 0.25) is 0 Å². The molecule has 0 bridgehead atoms. The third-order valence-corrected chi connectivity index (χ3v) is 5.00. The molecule has 1 heterocycles. The van der Waals surface area contributed by atoms with Crippen LogP contribution in [0.3, 0.4) is 0 Å². The van der Waals surface area contributed by atoms with Gasteiger partial charge in [-0.05, 0) is 49.8 Å². The number of carboxylic acids is 1. The van der Waals surface area contributed by atoms with E-state index >= 15 is 0 Å². The van der Waals surface area contributed by atoms with Crippen molar-refractivity contribution in [1.82, 2.24) is 5.48 Å². The second kappa shape index (κ2) is 6.62. The zero-order valence-electron chi connectivity index (χ0n) is 14.4. The van der Waals surface area contributed by atoms with Gasteiger partial charge in [-0.2, -0.15) is 0 Å². The van der Waals surface area contributed by atoms with Gasteiger partial charge in [0.25, 0.3) is 11.8 Å². The molecule has 1 aromatic rings. The van der Waals surface area contributed by atoms with E-state index in [4.69, 9.17) is 9.94 Å². The maximum absolute atomic E-state index is 14.7. The van der Waals surface area contributed by atoms with Gasteiger partial charge in [-0.1, -0.05) is 6.08 Å². The predicted molar refractivity (Wildman–Crippen MR) is 92.8 cm³/mol. The minimum absolute atomic E-state index is 0.0917. The highest BCUT2D eigenvalue weighted by Gasteiger charge is 2.41. The first kappa shape index (κ1) is 17.4. The molecule has 3 aliphatic rings. The topological polar surface area (TPSA) is 95.9 Å². The van der Waals surface area contributed by atoms with Crippen molar-refractivity contribution in [2.45, 2.75) is 32.1 Å². The first-order valence-corrected chi connectivity index (χ1v) is 8.70. The Morgan fingerprint density at radius 2 is 1.85 bits per heavy atom. The quantitative estimate of drug-likeness (QED) is 0.607. The zero-order chi connectivity index (χ0) is 19.1. The molecule has 140 valence electrons. The van der Waals surface area contributed by atoms with Crippen LogP contribution in [-0.4, -0.2) is 29.5 Å². The monoisotopic (exact) mass is 372 g/mol. The van der Waals surface area contributed by atoms with Gasteiger partial charge in [0.05, 0.1) is 11.4 Å². The van der Waals surface area contributed by atoms with E-state index in [2.05, 4.69) is 5.48 Å². The first-order chi connectivity index (χ1) is 13.0. The van der Waals surface area contributed by atoms with Gasteiger partial charge in [-0.15, -0.1) is 0 Å². The van der Waals surface area contributed by atoms with Crippen LogP contribution in [0, 0.1) is 5.82 Å². The molecular formula is C19H17FN2O5. The van der Waals surface area contributed by atoms with Crippen LogP contribution in [0.2, 0.25) is 0 Å². The molecule has 0 fully saturated rings. The molecule has 0 atom stereocenters. The van der Waals surface area contributed by atoms with Crippen molar-refractivity contribution in [3.8, 4) is 0 Å². The van der Waals surface area contributed by atoms with Gasteiger partial charge < -0.3 is 5.11 Å². The molecule has 2 amide bonds. The third-order valence-electron chi connectivity index (χ3n) is 5.00. The maximum atomic E-state index is 14.7. The molecule has 1 aromatic carbocycles. The molecule has 4 rings (SSSR count). The number of hydrogen-bond acceptors (Lipinski definition) is 5. The van der Waals surface area contributed by atoms with Crippen molar-refractivity contribution >= 4 is 29.2 Å². The van der Waals surface area contributed by atoms with E-state index < -0.39 is 30.2 Å². The molecule has 2 aliphatic carbocycles. The fraction of sp³-hybridized carbons (Fsp3) is 0.316. The summed E-state index contributed by atoms with van der Waals surface area (Å²) in [7, 11) is 0. The van der Waals surface area contributed by atoms with Gasteiger partial charge in [0.15, 0.2) is 6.61 Å². The average molecular weight is 372 g/mol. The number of carbonyl (C=O) groups excluding carboxylic acids is 2. The summed E-state index contributed by atoms with van der Waals surface area (Å²) in [5, 5.41) is 8.65. The number of aliphatic carboxylic acids is 1. The molecule has 0 spiro atoms. The fourth-order valence-corrected chi connectivity index (χ4v) is 3.75. The van der Waals surface area contributed by atoms with Gasteiger partial charge in [0, 0.05) is 16.7 Å². The van der Waals surface area contributed by atoms with Gasteiger partial charge in [-0.25, -0.2) is 14.1 Å². The van der Waals surface area contributed by atoms with Crippen molar-refractivity contribution in [2.24, 2.45) is 0 Å². The standard InChI is InChI=1S/C19H17FN2O5/c20-14-7-10-5-6-15(21-27-9-17(23)24)13(10)8-16(14)22-18(25)11-3-1-2-4-12(11)19(22)26/h6-8,21H,1-5,9H2,(H,23,24). The molecule has 0 aromatic heterocycles. The molecule has 1 aliphatic heterocycles. The lowest BCUT2D eigenvalue weighted by Crippen LogP contribution is -2.32. The van der Waals surface area contributed by atoms with E-state index in [-0.39, 0.29) is 5.69 Å². The number of amides is 2. The number of halogens is 1. The summed E-state index contributed by atoms with van der Waals surface area (Å²) in [5.74, 6) is -2.68. The van der Waals surface area contributed by atoms with Gasteiger partial charge in [-0.3, -0.25) is 19.9 Å². The average Bonchev–Trinajstić information content (AvgIpc) is 3.14. The Morgan fingerprint density at radius 3 is 2.48 bits per heavy atom. The normalized spacial score (nSPS) is 18.6. The van der Waals surface area contributed by atoms with Gasteiger partial charge in [0.1, 0.15) is 5.82 Å². The van der Waals surface area contributed by atoms with Crippen molar-refractivity contribution in [3.63, 3.8) is 0 Å². The Bertz CT molecular complexity index is 906. The summed E-state index contributed by atoms with van der Waals surface area (Å²) in [6, 6.07) is 2.74. The highest BCUT2D eigenvalue weighted by Crippen LogP contribution is 2.39. The van der Waals surface area contributed by atoms with Crippen molar-refractivity contribution in [3.05, 3.63) is 46.3 Å². The van der Waals surface area contributed by atoms with E-state index in [0.29, 0.717) is 47.2 Å². The number of imide groups is 1. The molecule has 2 N–H and O–H groups in total. The van der Waals surface area contributed by atoms with E-state index in [1.54, 1.807) is 6.08 Å². The fourth-order valence-electron chi connectivity index (χ4n) is 3.75. The van der Waals surface area contributed by atoms with Gasteiger partial charge >= 0.3 is 5.97 Å². The number of nitrogens with one attached hydrogen (secondary N) is 1. The largest absolute Gasteiger partial charge is 0.479 e. The van der Waals surface area contributed by atoms with Crippen LogP contribution < -0.4 is 10.4 Å². The maximum Gasteiger partial charge on any atom is 0.332 e. The SMILES string of the molecule is O=C(O)CONC1=CCc2cc(F)c(N3C(=O)C4=C(CCCC4)C3=O)cc21. The van der Waals surface area contributed by atoms with Crippen LogP contribution >= 0.6 is 0 Å². The Labute approximate surface area is 154 Å². The Balaban J connectivity index is 1.64. The summed E-state index contributed by atoms with van der Waals surface area (Å²) in [5.41, 5.74) is 5.14. The summed E-state index contributed by atoms with van der Waals surface area (Å²) >= 11 is 0. The van der Waals surface area contributed by atoms with Crippen molar-refractivity contribution < 1.29 is 28.7 Å². The number of nitrogens with zero attached hydrogens (tertiary/aromatic N) is 1. The second-order valence-corrected chi connectivity index (χ2v) is 6.68. The predicted octanol–water partition coefficient (Wildman–Crippen LogP) is 2.07. The van der Waals surface area contributed by atoms with Crippen LogP contribution in [0.25, 0.3) is 5.70 Å². The van der Waals surface area contributed by atoms with Crippen LogP contribution in [0.4, 0.5) is 10.1 Å². The molecule has 7 nitrogen and oxygen atoms in total. The number of rotatable bonds is 5. The number of hydrogen-bond donors (Lipinski definition) is 2. The molecule has 0 saturated carbocycles. The Kier molecular flexibility index (Phi) is 4.27. The summed E-state index contributed by atoms with van der Waals surface area (Å²) in [6.07, 6.45) is 4.93. The smallest absolute Gasteiger partial charge is 0.332 e. The van der Waals surface area contributed by atoms with E-state index in [1.165, 1.54) is 12.1 Å². The van der Waals surface area contributed by atoms with Crippen LogP contribution in [-0.2, 0) is 25.6 Å². The number of anilines is 1. The number of fused-ring (bicyclic) bond motifs is 1. The molecule has 8 heteroatoms. The minimum Gasteiger partial charge on any atom is -0.479 e. The molecule has 0 radical (unpaired) electrons. The number of carbonyl (C=O) groups is 3. The summed E-state index contributed by atoms with van der Waals surface area (Å²) in [6.45, 7) is -0.541. The molecule has 0 saturated heterocycles. The molecule has 27 heavy (non-hydrogen) atoms. The number of benzene rings is 1. The summed E-state index contributed by atoms with van der Waals surface area (Å²) in [4.78, 5) is 41.8. The lowest BCUT2D eigenvalue weighted by atomic mass is 9.93. The zero-order valence-corrected chi connectivity index (χ0v) is 14.4. The second-order valence-electron chi connectivity index (χ2n) is 6.68. The van der Waals surface area contributed by atoms with Crippen LogP contribution in [0.5, 0.6) is 0 Å². The van der Waals surface area contributed by atoms with Crippen LogP contribution in [0.1, 0.15) is 36.8 Å².